The first-order chi connectivity index (χ1) is 3.55. The Labute approximate surface area is 45.6 Å². The number of nitrogens with one attached hydrogen (secondary N) is 1. The third-order valence-corrected chi connectivity index (χ3v) is 0.535. The van der Waals surface area contributed by atoms with E-state index in [0.29, 0.717) is 0 Å². The summed E-state index contributed by atoms with van der Waals surface area (Å²) < 4.78 is 0. The topological polar surface area (TPSA) is 78.2 Å². The zero-order chi connectivity index (χ0) is 6.73. The molecule has 0 aliphatic carbocycles. The van der Waals surface area contributed by atoms with Gasteiger partial charge in [0.2, 0.25) is 0 Å². The van der Waals surface area contributed by atoms with Gasteiger partial charge in [-0.3, -0.25) is 4.79 Å². The van der Waals surface area contributed by atoms with Gasteiger partial charge >= 0.3 is 5.97 Å². The molecule has 0 aliphatic rings. The average Bonchev–Trinajstić information content (AvgIpc) is 1.64. The molecular weight excluding hydrogens is 110 g/mol. The van der Waals surface area contributed by atoms with Crippen LogP contribution in [0.2, 0.25) is 0 Å². The number of hydrogen-bond acceptors (Lipinski definition) is 3. The van der Waals surface area contributed by atoms with Crippen molar-refractivity contribution in [2.24, 2.45) is 0 Å². The molecule has 44 valence electrons. The molecule has 0 aromatic heterocycles. The summed E-state index contributed by atoms with van der Waals surface area (Å²) in [6, 6.07) is 0. The highest BCUT2D eigenvalue weighted by atomic mass is 16.4. The second-order valence-corrected chi connectivity index (χ2v) is 1.26. The molecule has 4 nitrogen and oxygen atoms in total. The summed E-state index contributed by atoms with van der Waals surface area (Å²) >= 11 is 0. The summed E-state index contributed by atoms with van der Waals surface area (Å²) in [5.41, 5.74) is -0.447. The number of carboxylic acid groups (broad SMARTS) is 1. The highest BCUT2D eigenvalue weighted by Crippen LogP contribution is 1.73. The van der Waals surface area contributed by atoms with Gasteiger partial charge in [-0.2, -0.15) is 0 Å². The van der Waals surface area contributed by atoms with Gasteiger partial charge in [-0.15, -0.1) is 0 Å². The van der Waals surface area contributed by atoms with Crippen LogP contribution >= 0.6 is 0 Å². The predicted molar refractivity (Wildman–Crippen MR) is 26.0 cm³/mol. The van der Waals surface area contributed by atoms with Crippen molar-refractivity contribution in [2.75, 3.05) is 0 Å². The largest absolute Gasteiger partial charge is 0.475 e. The van der Waals surface area contributed by atoms with E-state index in [9.17, 15) is 9.59 Å². The van der Waals surface area contributed by atoms with Gasteiger partial charge in [-0.25, -0.2) is 4.79 Å². The summed E-state index contributed by atoms with van der Waals surface area (Å²) in [5.74, 6) is -2.72. The summed E-state index contributed by atoms with van der Waals surface area (Å²) in [5, 5.41) is 14.4. The van der Waals surface area contributed by atoms with Crippen LogP contribution in [-0.4, -0.2) is 22.6 Å². The molecule has 0 aliphatic heterocycles. The fourth-order valence-corrected chi connectivity index (χ4v) is 0.160. The summed E-state index contributed by atoms with van der Waals surface area (Å²) in [6.07, 6.45) is 0. The number of carboxylic acids is 1. The first-order valence-electron chi connectivity index (χ1n) is 1.88. The first kappa shape index (κ1) is 6.81. The van der Waals surface area contributed by atoms with Crippen molar-refractivity contribution < 1.29 is 14.7 Å². The number of aliphatic carboxylic acids is 1. The van der Waals surface area contributed by atoms with Gasteiger partial charge in [0.1, 0.15) is 0 Å². The van der Waals surface area contributed by atoms with Crippen molar-refractivity contribution in [2.45, 2.75) is 6.92 Å². The van der Waals surface area contributed by atoms with Crippen LogP contribution in [0.5, 0.6) is 0 Å². The second kappa shape index (κ2) is 2.20. The lowest BCUT2D eigenvalue weighted by Gasteiger charge is -1.84. The van der Waals surface area contributed by atoms with Gasteiger partial charge < -0.3 is 10.5 Å². The molecule has 0 unspecified atom stereocenters. The molecule has 0 saturated carbocycles. The van der Waals surface area contributed by atoms with E-state index >= 15 is 0 Å². The number of carbonyl (C=O) groups excluding carboxylic acids is 1. The van der Waals surface area contributed by atoms with Crippen molar-refractivity contribution in [3.05, 3.63) is 0 Å². The Balaban J connectivity index is 4.05. The third kappa shape index (κ3) is 1.51. The Kier molecular flexibility index (Phi) is 1.88. The van der Waals surface area contributed by atoms with E-state index < -0.39 is 17.5 Å². The SMILES string of the molecule is CC(=N)C(=O)C(=O)O. The van der Waals surface area contributed by atoms with E-state index in [-0.39, 0.29) is 0 Å². The van der Waals surface area contributed by atoms with E-state index in [0.717, 1.165) is 6.92 Å². The van der Waals surface area contributed by atoms with Crippen molar-refractivity contribution in [3.63, 3.8) is 0 Å². The highest BCUT2D eigenvalue weighted by molar-refractivity contribution is 6.61. The number of carbonyl (C=O) groups is 2. The lowest BCUT2D eigenvalue weighted by atomic mass is 10.3. The Morgan fingerprint density at radius 2 is 1.88 bits per heavy atom. The molecule has 0 aromatic carbocycles. The minimum absolute atomic E-state index is 0.447. The molecule has 0 amide bonds. The van der Waals surface area contributed by atoms with Crippen LogP contribution in [0, 0.1) is 5.41 Å². The van der Waals surface area contributed by atoms with Crippen LogP contribution in [0.1, 0.15) is 6.92 Å². The molecule has 2 N–H and O–H groups in total. The predicted octanol–water partition coefficient (Wildman–Crippen LogP) is -0.320. The van der Waals surface area contributed by atoms with Crippen molar-refractivity contribution in [3.8, 4) is 0 Å². The molecule has 0 heterocycles. The molecular formula is C4H5NO3. The van der Waals surface area contributed by atoms with E-state index in [1.165, 1.54) is 0 Å². The van der Waals surface area contributed by atoms with Gasteiger partial charge in [0.25, 0.3) is 5.78 Å². The summed E-state index contributed by atoms with van der Waals surface area (Å²) in [4.78, 5) is 19.7. The number of Topliss-reactive ketones (excluding diaryl/α,β-unsaturated/α-hetero) is 1. The van der Waals surface area contributed by atoms with Crippen LogP contribution in [0.4, 0.5) is 0 Å². The van der Waals surface area contributed by atoms with Crippen LogP contribution < -0.4 is 0 Å². The minimum Gasteiger partial charge on any atom is -0.475 e. The molecule has 0 fully saturated rings. The zero-order valence-electron chi connectivity index (χ0n) is 4.26. The summed E-state index contributed by atoms with van der Waals surface area (Å²) in [6.45, 7) is 1.14. The molecule has 0 atom stereocenters. The van der Waals surface area contributed by atoms with E-state index in [1.54, 1.807) is 0 Å². The first-order valence-corrected chi connectivity index (χ1v) is 1.88. The number of rotatable bonds is 2. The standard InChI is InChI=1S/C4H5NO3/c1-2(5)3(6)4(7)8/h5H,1H3,(H,7,8). The molecule has 0 spiro atoms. The van der Waals surface area contributed by atoms with E-state index in [4.69, 9.17) is 10.5 Å². The van der Waals surface area contributed by atoms with Crippen molar-refractivity contribution in [1.29, 1.82) is 5.41 Å². The average molecular weight is 115 g/mol. The zero-order valence-corrected chi connectivity index (χ0v) is 4.26. The molecule has 8 heavy (non-hydrogen) atoms. The maximum Gasteiger partial charge on any atom is 0.378 e. The third-order valence-electron chi connectivity index (χ3n) is 0.535. The van der Waals surface area contributed by atoms with Crippen LogP contribution in [0.15, 0.2) is 0 Å². The van der Waals surface area contributed by atoms with Gasteiger partial charge in [0.15, 0.2) is 0 Å². The lowest BCUT2D eigenvalue weighted by Crippen LogP contribution is -2.19. The molecule has 0 bridgehead atoms. The quantitative estimate of drug-likeness (QED) is 0.382. The fourth-order valence-electron chi connectivity index (χ4n) is 0.160. The number of hydrogen-bond donors (Lipinski definition) is 2. The Morgan fingerprint density at radius 3 is 1.88 bits per heavy atom. The fraction of sp³-hybridized carbons (Fsp3) is 0.250. The normalized spacial score (nSPS) is 8.12. The van der Waals surface area contributed by atoms with Crippen LogP contribution in [-0.2, 0) is 9.59 Å². The lowest BCUT2D eigenvalue weighted by molar-refractivity contribution is -0.145. The molecule has 4 heteroatoms. The highest BCUT2D eigenvalue weighted by Gasteiger charge is 2.12. The maximum atomic E-state index is 10.0. The van der Waals surface area contributed by atoms with Gasteiger partial charge in [0, 0.05) is 0 Å². The van der Waals surface area contributed by atoms with Crippen molar-refractivity contribution >= 4 is 17.5 Å². The molecule has 0 radical (unpaired) electrons. The molecule has 0 aromatic rings. The Hall–Kier alpha value is -1.19. The Bertz CT molecular complexity index is 133. The van der Waals surface area contributed by atoms with E-state index in [1.807, 2.05) is 0 Å². The van der Waals surface area contributed by atoms with Crippen molar-refractivity contribution in [1.82, 2.24) is 0 Å². The molecule has 0 saturated heterocycles. The molecule has 0 rings (SSSR count). The maximum absolute atomic E-state index is 10.0. The smallest absolute Gasteiger partial charge is 0.378 e. The van der Waals surface area contributed by atoms with Gasteiger partial charge in [0.05, 0.1) is 5.71 Å². The second-order valence-electron chi connectivity index (χ2n) is 1.26. The van der Waals surface area contributed by atoms with Crippen LogP contribution in [0.3, 0.4) is 0 Å². The van der Waals surface area contributed by atoms with E-state index in [2.05, 4.69) is 0 Å². The van der Waals surface area contributed by atoms with Gasteiger partial charge in [-0.05, 0) is 6.92 Å². The summed E-state index contributed by atoms with van der Waals surface area (Å²) in [7, 11) is 0. The Morgan fingerprint density at radius 1 is 1.50 bits per heavy atom. The monoisotopic (exact) mass is 115 g/mol. The minimum atomic E-state index is -1.57. The number of ketones is 1. The van der Waals surface area contributed by atoms with Gasteiger partial charge in [-0.1, -0.05) is 0 Å². The van der Waals surface area contributed by atoms with Crippen LogP contribution in [0.25, 0.3) is 0 Å².